The fraction of sp³-hybridized carbons (Fsp3) is 0.500. The first kappa shape index (κ1) is 15.4. The van der Waals surface area contributed by atoms with Crippen molar-refractivity contribution in [3.8, 4) is 0 Å². The topological polar surface area (TPSA) is 32.3 Å². The van der Waals surface area contributed by atoms with Crippen molar-refractivity contribution in [3.05, 3.63) is 48.3 Å². The third kappa shape index (κ3) is 3.10. The van der Waals surface area contributed by atoms with Crippen molar-refractivity contribution in [3.63, 3.8) is 0 Å². The van der Waals surface area contributed by atoms with Crippen molar-refractivity contribution in [2.24, 2.45) is 0 Å². The minimum atomic E-state index is 0.513. The lowest BCUT2D eigenvalue weighted by atomic mass is 9.97. The van der Waals surface area contributed by atoms with Crippen molar-refractivity contribution < 1.29 is 0 Å². The minimum absolute atomic E-state index is 0.513. The summed E-state index contributed by atoms with van der Waals surface area (Å²) in [5.41, 5.74) is 1.44. The highest BCUT2D eigenvalue weighted by atomic mass is 15.3. The van der Waals surface area contributed by atoms with Crippen LogP contribution in [0.15, 0.2) is 42.7 Å². The molecule has 2 aromatic rings. The van der Waals surface area contributed by atoms with Crippen LogP contribution in [0.2, 0.25) is 0 Å². The molecule has 2 unspecified atom stereocenters. The molecule has 2 saturated heterocycles. The summed E-state index contributed by atoms with van der Waals surface area (Å²) >= 11 is 0. The number of hydrogen-bond donors (Lipinski definition) is 0. The zero-order chi connectivity index (χ0) is 16.4. The van der Waals surface area contributed by atoms with Crippen LogP contribution in [0.25, 0.3) is 0 Å². The predicted molar refractivity (Wildman–Crippen MR) is 98.7 cm³/mol. The third-order valence-corrected chi connectivity index (χ3v) is 5.46. The summed E-state index contributed by atoms with van der Waals surface area (Å²) in [5.74, 6) is 2.76. The van der Waals surface area contributed by atoms with Gasteiger partial charge in [0.1, 0.15) is 18.0 Å². The highest BCUT2D eigenvalue weighted by Crippen LogP contribution is 2.34. The van der Waals surface area contributed by atoms with Gasteiger partial charge in [-0.1, -0.05) is 30.3 Å². The van der Waals surface area contributed by atoms with Gasteiger partial charge >= 0.3 is 0 Å². The summed E-state index contributed by atoms with van der Waals surface area (Å²) < 4.78 is 0. The summed E-state index contributed by atoms with van der Waals surface area (Å²) in [6.45, 7) is 5.60. The maximum Gasteiger partial charge on any atom is 0.134 e. The van der Waals surface area contributed by atoms with Gasteiger partial charge in [-0.25, -0.2) is 9.97 Å². The first-order chi connectivity index (χ1) is 11.8. The number of nitrogens with zero attached hydrogens (tertiary/aromatic N) is 4. The molecule has 0 saturated carbocycles. The van der Waals surface area contributed by atoms with Crippen LogP contribution in [-0.2, 0) is 0 Å². The molecule has 2 aliphatic heterocycles. The molecular weight excluding hydrogens is 296 g/mol. The minimum Gasteiger partial charge on any atom is -0.356 e. The van der Waals surface area contributed by atoms with Gasteiger partial charge in [0.05, 0.1) is 0 Å². The number of aromatic nitrogens is 2. The second-order valence-corrected chi connectivity index (χ2v) is 7.13. The van der Waals surface area contributed by atoms with Gasteiger partial charge in [0, 0.05) is 37.7 Å². The van der Waals surface area contributed by atoms with Gasteiger partial charge in [-0.05, 0) is 38.2 Å². The van der Waals surface area contributed by atoms with E-state index in [0.717, 1.165) is 31.3 Å². The average molecular weight is 322 g/mol. The Kier molecular flexibility index (Phi) is 4.37. The van der Waals surface area contributed by atoms with E-state index in [1.165, 1.54) is 31.2 Å². The van der Waals surface area contributed by atoms with E-state index in [2.05, 4.69) is 63.1 Å². The Labute approximate surface area is 144 Å². The lowest BCUT2D eigenvalue weighted by Crippen LogP contribution is -2.31. The summed E-state index contributed by atoms with van der Waals surface area (Å²) in [6, 6.07) is 13.6. The molecular formula is C20H26N4. The molecule has 0 N–H and O–H groups in total. The Bertz CT molecular complexity index is 666. The van der Waals surface area contributed by atoms with E-state index in [0.29, 0.717) is 12.0 Å². The zero-order valence-electron chi connectivity index (χ0n) is 14.4. The smallest absolute Gasteiger partial charge is 0.134 e. The molecule has 0 bridgehead atoms. The standard InChI is InChI=1S/C20H26N4/c1-16-12-18(17-8-4-2-5-9-17)14-24(16)20-13-19(21-15-22-20)23-10-6-3-7-11-23/h2,4-5,8-9,13,15-16,18H,3,6-7,10-12,14H2,1H3. The molecule has 1 aromatic heterocycles. The van der Waals surface area contributed by atoms with Gasteiger partial charge < -0.3 is 9.80 Å². The summed E-state index contributed by atoms with van der Waals surface area (Å²) in [4.78, 5) is 14.0. The van der Waals surface area contributed by atoms with Crippen LogP contribution in [0.1, 0.15) is 44.1 Å². The monoisotopic (exact) mass is 322 g/mol. The maximum absolute atomic E-state index is 4.58. The van der Waals surface area contributed by atoms with E-state index < -0.39 is 0 Å². The Morgan fingerprint density at radius 1 is 0.958 bits per heavy atom. The SMILES string of the molecule is CC1CC(c2ccccc2)CN1c1cc(N2CCCCC2)ncn1. The number of benzene rings is 1. The van der Waals surface area contributed by atoms with Crippen LogP contribution in [0.5, 0.6) is 0 Å². The fourth-order valence-electron chi connectivity index (χ4n) is 4.11. The van der Waals surface area contributed by atoms with Crippen LogP contribution in [0.3, 0.4) is 0 Å². The molecule has 0 aliphatic carbocycles. The van der Waals surface area contributed by atoms with Crippen molar-refractivity contribution in [1.29, 1.82) is 0 Å². The summed E-state index contributed by atoms with van der Waals surface area (Å²) in [6.07, 6.45) is 6.82. The van der Waals surface area contributed by atoms with Crippen LogP contribution >= 0.6 is 0 Å². The molecule has 126 valence electrons. The van der Waals surface area contributed by atoms with Gasteiger partial charge in [0.2, 0.25) is 0 Å². The van der Waals surface area contributed by atoms with E-state index >= 15 is 0 Å². The molecule has 2 atom stereocenters. The molecule has 2 fully saturated rings. The molecule has 3 heterocycles. The lowest BCUT2D eigenvalue weighted by molar-refractivity contribution is 0.573. The number of piperidine rings is 1. The number of anilines is 2. The summed E-state index contributed by atoms with van der Waals surface area (Å²) in [5, 5.41) is 0. The van der Waals surface area contributed by atoms with Crippen LogP contribution in [-0.4, -0.2) is 35.6 Å². The predicted octanol–water partition coefficient (Wildman–Crippen LogP) is 3.85. The van der Waals surface area contributed by atoms with Gasteiger partial charge in [-0.2, -0.15) is 0 Å². The Morgan fingerprint density at radius 3 is 2.50 bits per heavy atom. The zero-order valence-corrected chi connectivity index (χ0v) is 14.4. The molecule has 0 spiro atoms. The molecule has 4 rings (SSSR count). The average Bonchev–Trinajstić information content (AvgIpc) is 3.05. The fourth-order valence-corrected chi connectivity index (χ4v) is 4.11. The van der Waals surface area contributed by atoms with Crippen molar-refractivity contribution >= 4 is 11.6 Å². The highest BCUT2D eigenvalue weighted by Gasteiger charge is 2.31. The Morgan fingerprint density at radius 2 is 1.71 bits per heavy atom. The lowest BCUT2D eigenvalue weighted by Gasteiger charge is -2.29. The molecule has 4 heteroatoms. The van der Waals surface area contributed by atoms with E-state index in [1.54, 1.807) is 6.33 Å². The molecule has 2 aliphatic rings. The highest BCUT2D eigenvalue weighted by molar-refractivity contribution is 5.52. The molecule has 24 heavy (non-hydrogen) atoms. The van der Waals surface area contributed by atoms with Gasteiger partial charge in [0.25, 0.3) is 0 Å². The second kappa shape index (κ2) is 6.80. The van der Waals surface area contributed by atoms with E-state index in [1.807, 2.05) is 0 Å². The van der Waals surface area contributed by atoms with Crippen molar-refractivity contribution in [2.45, 2.75) is 44.6 Å². The van der Waals surface area contributed by atoms with E-state index in [-0.39, 0.29) is 0 Å². The van der Waals surface area contributed by atoms with E-state index in [9.17, 15) is 0 Å². The number of hydrogen-bond acceptors (Lipinski definition) is 4. The summed E-state index contributed by atoms with van der Waals surface area (Å²) in [7, 11) is 0. The van der Waals surface area contributed by atoms with Gasteiger partial charge in [-0.3, -0.25) is 0 Å². The van der Waals surface area contributed by atoms with Gasteiger partial charge in [-0.15, -0.1) is 0 Å². The second-order valence-electron chi connectivity index (χ2n) is 7.13. The van der Waals surface area contributed by atoms with Crippen LogP contribution in [0.4, 0.5) is 11.6 Å². The molecule has 4 nitrogen and oxygen atoms in total. The normalized spacial score (nSPS) is 24.4. The van der Waals surface area contributed by atoms with Crippen molar-refractivity contribution in [2.75, 3.05) is 29.4 Å². The van der Waals surface area contributed by atoms with E-state index in [4.69, 9.17) is 0 Å². The molecule has 1 aromatic carbocycles. The first-order valence-corrected chi connectivity index (χ1v) is 9.20. The Hall–Kier alpha value is -2.10. The van der Waals surface area contributed by atoms with Crippen molar-refractivity contribution in [1.82, 2.24) is 9.97 Å². The largest absolute Gasteiger partial charge is 0.356 e. The van der Waals surface area contributed by atoms with Gasteiger partial charge in [0.15, 0.2) is 0 Å². The van der Waals surface area contributed by atoms with Crippen LogP contribution in [0, 0.1) is 0 Å². The van der Waals surface area contributed by atoms with Crippen LogP contribution < -0.4 is 9.80 Å². The number of rotatable bonds is 3. The first-order valence-electron chi connectivity index (χ1n) is 9.20. The molecule has 0 radical (unpaired) electrons. The molecule has 0 amide bonds. The third-order valence-electron chi connectivity index (χ3n) is 5.46. The maximum atomic E-state index is 4.58. The quantitative estimate of drug-likeness (QED) is 0.859. The Balaban J connectivity index is 1.53.